The Labute approximate surface area is 157 Å². The minimum absolute atomic E-state index is 0.0788. The van der Waals surface area contributed by atoms with Gasteiger partial charge in [-0.05, 0) is 37.1 Å². The number of benzene rings is 2. The average molecular weight is 361 g/mol. The number of carbonyl (C=O) groups is 1. The number of carbonyl (C=O) groups excluding carboxylic acids is 1. The first kappa shape index (κ1) is 16.8. The molecule has 130 valence electrons. The van der Waals surface area contributed by atoms with Crippen LogP contribution in [-0.4, -0.2) is 22.1 Å². The zero-order valence-electron chi connectivity index (χ0n) is 14.4. The molecule has 1 fully saturated rings. The van der Waals surface area contributed by atoms with Gasteiger partial charge in [0.15, 0.2) is 0 Å². The molecule has 2 aromatic carbocycles. The summed E-state index contributed by atoms with van der Waals surface area (Å²) in [6.07, 6.45) is 0.981. The maximum atomic E-state index is 12.8. The van der Waals surface area contributed by atoms with Crippen LogP contribution in [0, 0.1) is 6.92 Å². The van der Waals surface area contributed by atoms with Gasteiger partial charge in [-0.3, -0.25) is 4.79 Å². The number of rotatable bonds is 5. The highest BCUT2D eigenvalue weighted by atomic mass is 32.2. The van der Waals surface area contributed by atoms with Crippen LogP contribution in [0.15, 0.2) is 76.7 Å². The van der Waals surface area contributed by atoms with E-state index in [1.807, 2.05) is 61.5 Å². The van der Waals surface area contributed by atoms with E-state index in [-0.39, 0.29) is 11.9 Å². The van der Waals surface area contributed by atoms with Gasteiger partial charge in [-0.15, -0.1) is 5.10 Å². The summed E-state index contributed by atoms with van der Waals surface area (Å²) < 4.78 is 0. The van der Waals surface area contributed by atoms with Crippen LogP contribution >= 0.6 is 11.8 Å². The Bertz CT molecular complexity index is 915. The molecule has 1 heterocycles. The number of nitrogens with zero attached hydrogens (tertiary/aromatic N) is 2. The third-order valence-electron chi connectivity index (χ3n) is 4.42. The highest BCUT2D eigenvalue weighted by Crippen LogP contribution is 2.41. The molecule has 3 aromatic rings. The van der Waals surface area contributed by atoms with Crippen molar-refractivity contribution in [2.24, 2.45) is 0 Å². The normalized spacial score (nSPS) is 18.3. The number of hydrogen-bond donors (Lipinski definition) is 1. The van der Waals surface area contributed by atoms with Gasteiger partial charge in [-0.1, -0.05) is 60.3 Å². The van der Waals surface area contributed by atoms with E-state index in [2.05, 4.69) is 27.6 Å². The van der Waals surface area contributed by atoms with Crippen molar-refractivity contribution in [3.63, 3.8) is 0 Å². The van der Waals surface area contributed by atoms with Crippen molar-refractivity contribution in [3.05, 3.63) is 83.6 Å². The van der Waals surface area contributed by atoms with Gasteiger partial charge in [0.1, 0.15) is 5.03 Å². The third-order valence-corrected chi connectivity index (χ3v) is 5.42. The summed E-state index contributed by atoms with van der Waals surface area (Å²) in [6, 6.07) is 22.2. The molecule has 5 heteroatoms. The van der Waals surface area contributed by atoms with Gasteiger partial charge in [0.2, 0.25) is 0 Å². The molecule has 1 N–H and O–H groups in total. The van der Waals surface area contributed by atoms with Crippen LogP contribution in [-0.2, 0) is 0 Å². The van der Waals surface area contributed by atoms with Crippen molar-refractivity contribution >= 4 is 17.7 Å². The van der Waals surface area contributed by atoms with E-state index in [9.17, 15) is 4.79 Å². The first-order valence-corrected chi connectivity index (χ1v) is 9.45. The van der Waals surface area contributed by atoms with E-state index in [0.717, 1.165) is 17.0 Å². The SMILES string of the molecule is Cc1cc(C(=O)NC2CC2c2ccccc2)c(Sc2ccccc2)nn1. The topological polar surface area (TPSA) is 54.9 Å². The van der Waals surface area contributed by atoms with Crippen LogP contribution in [0.4, 0.5) is 0 Å². The molecular formula is C21H19N3OS. The largest absolute Gasteiger partial charge is 0.349 e. The lowest BCUT2D eigenvalue weighted by atomic mass is 10.1. The Morgan fingerprint density at radius 1 is 1.04 bits per heavy atom. The molecule has 2 atom stereocenters. The van der Waals surface area contributed by atoms with Crippen molar-refractivity contribution in [1.29, 1.82) is 0 Å². The highest BCUT2D eigenvalue weighted by molar-refractivity contribution is 7.99. The maximum absolute atomic E-state index is 12.8. The van der Waals surface area contributed by atoms with E-state index in [4.69, 9.17) is 0 Å². The van der Waals surface area contributed by atoms with Crippen molar-refractivity contribution in [1.82, 2.24) is 15.5 Å². The smallest absolute Gasteiger partial charge is 0.254 e. The second-order valence-corrected chi connectivity index (χ2v) is 7.51. The molecule has 1 aliphatic carbocycles. The second-order valence-electron chi connectivity index (χ2n) is 6.45. The maximum Gasteiger partial charge on any atom is 0.254 e. The number of aryl methyl sites for hydroxylation is 1. The number of amides is 1. The summed E-state index contributed by atoms with van der Waals surface area (Å²) in [5.41, 5.74) is 2.61. The molecule has 2 unspecified atom stereocenters. The molecule has 0 saturated heterocycles. The highest BCUT2D eigenvalue weighted by Gasteiger charge is 2.39. The van der Waals surface area contributed by atoms with Crippen LogP contribution in [0.3, 0.4) is 0 Å². The Morgan fingerprint density at radius 2 is 1.73 bits per heavy atom. The van der Waals surface area contributed by atoms with Crippen molar-refractivity contribution in [3.8, 4) is 0 Å². The number of nitrogens with one attached hydrogen (secondary N) is 1. The van der Waals surface area contributed by atoms with Crippen LogP contribution in [0.5, 0.6) is 0 Å². The molecule has 1 aromatic heterocycles. The Balaban J connectivity index is 1.50. The zero-order chi connectivity index (χ0) is 17.9. The molecule has 4 nitrogen and oxygen atoms in total. The van der Waals surface area contributed by atoms with Gasteiger partial charge < -0.3 is 5.32 Å². The van der Waals surface area contributed by atoms with Gasteiger partial charge >= 0.3 is 0 Å². The molecule has 4 rings (SSSR count). The Morgan fingerprint density at radius 3 is 2.46 bits per heavy atom. The van der Waals surface area contributed by atoms with Gasteiger partial charge in [0, 0.05) is 16.9 Å². The fourth-order valence-electron chi connectivity index (χ4n) is 2.99. The monoisotopic (exact) mass is 361 g/mol. The summed E-state index contributed by atoms with van der Waals surface area (Å²) >= 11 is 1.46. The molecule has 0 aliphatic heterocycles. The van der Waals surface area contributed by atoms with Crippen LogP contribution < -0.4 is 5.32 Å². The average Bonchev–Trinajstić information content (AvgIpc) is 3.44. The molecule has 26 heavy (non-hydrogen) atoms. The van der Waals surface area contributed by atoms with Crippen molar-refractivity contribution < 1.29 is 4.79 Å². The molecule has 1 saturated carbocycles. The van der Waals surface area contributed by atoms with Gasteiger partial charge in [-0.2, -0.15) is 5.10 Å². The third kappa shape index (κ3) is 3.78. The Hall–Kier alpha value is -2.66. The Kier molecular flexibility index (Phi) is 4.71. The molecule has 1 aliphatic rings. The fraction of sp³-hybridized carbons (Fsp3) is 0.190. The van der Waals surface area contributed by atoms with E-state index in [1.165, 1.54) is 17.3 Å². The van der Waals surface area contributed by atoms with Gasteiger partial charge in [0.05, 0.1) is 11.3 Å². The standard InChI is InChI=1S/C21H19N3OS/c1-14-12-18(21(24-23-14)26-16-10-6-3-7-11-16)20(25)22-19-13-17(19)15-8-4-2-5-9-15/h2-12,17,19H,13H2,1H3,(H,22,25). The second kappa shape index (κ2) is 7.30. The lowest BCUT2D eigenvalue weighted by Crippen LogP contribution is -2.27. The van der Waals surface area contributed by atoms with E-state index >= 15 is 0 Å². The van der Waals surface area contributed by atoms with Crippen LogP contribution in [0.2, 0.25) is 0 Å². The summed E-state index contributed by atoms with van der Waals surface area (Å²) in [4.78, 5) is 13.9. The fourth-order valence-corrected chi connectivity index (χ4v) is 3.84. The molecule has 0 radical (unpaired) electrons. The summed E-state index contributed by atoms with van der Waals surface area (Å²) in [5.74, 6) is 0.325. The first-order chi connectivity index (χ1) is 12.7. The predicted octanol–water partition coefficient (Wildman–Crippen LogP) is 4.22. The zero-order valence-corrected chi connectivity index (χ0v) is 15.2. The minimum Gasteiger partial charge on any atom is -0.349 e. The molecular weight excluding hydrogens is 342 g/mol. The molecule has 1 amide bonds. The quantitative estimate of drug-likeness (QED) is 0.739. The van der Waals surface area contributed by atoms with E-state index in [0.29, 0.717) is 16.5 Å². The van der Waals surface area contributed by atoms with E-state index < -0.39 is 0 Å². The number of hydrogen-bond acceptors (Lipinski definition) is 4. The summed E-state index contributed by atoms with van der Waals surface area (Å²) in [7, 11) is 0. The molecule has 0 spiro atoms. The lowest BCUT2D eigenvalue weighted by Gasteiger charge is -2.09. The lowest BCUT2D eigenvalue weighted by molar-refractivity contribution is 0.0946. The van der Waals surface area contributed by atoms with E-state index in [1.54, 1.807) is 0 Å². The van der Waals surface area contributed by atoms with Gasteiger partial charge in [-0.25, -0.2) is 0 Å². The summed E-state index contributed by atoms with van der Waals surface area (Å²) in [5, 5.41) is 12.2. The minimum atomic E-state index is -0.0788. The van der Waals surface area contributed by atoms with Crippen molar-refractivity contribution in [2.75, 3.05) is 0 Å². The van der Waals surface area contributed by atoms with Gasteiger partial charge in [0.25, 0.3) is 5.91 Å². The van der Waals surface area contributed by atoms with Crippen molar-refractivity contribution in [2.45, 2.75) is 35.2 Å². The summed E-state index contributed by atoms with van der Waals surface area (Å²) in [6.45, 7) is 1.85. The molecule has 0 bridgehead atoms. The van der Waals surface area contributed by atoms with Crippen LogP contribution in [0.25, 0.3) is 0 Å². The number of aromatic nitrogens is 2. The predicted molar refractivity (Wildman–Crippen MR) is 102 cm³/mol. The first-order valence-electron chi connectivity index (χ1n) is 8.64. The van der Waals surface area contributed by atoms with Crippen LogP contribution in [0.1, 0.15) is 34.0 Å².